The Hall–Kier alpha value is -3.04. The van der Waals surface area contributed by atoms with Crippen LogP contribution in [0.25, 0.3) is 0 Å². The maximum atomic E-state index is 11.0. The Morgan fingerprint density at radius 3 is 2.36 bits per heavy atom. The number of nitro groups is 1. The van der Waals surface area contributed by atoms with Crippen LogP contribution in [0.5, 0.6) is 5.75 Å². The fourth-order valence-electron chi connectivity index (χ4n) is 2.29. The van der Waals surface area contributed by atoms with E-state index in [1.807, 2.05) is 31.3 Å². The SMILES string of the molecule is COCCOc1cc([N+](=O)[O-])ccc1/N=N/c1ccc(N(C)CCOC)cc1. The Morgan fingerprint density at radius 1 is 1.00 bits per heavy atom. The third kappa shape index (κ3) is 6.29. The topological polar surface area (TPSA) is 98.8 Å². The average molecular weight is 388 g/mol. The Balaban J connectivity index is 2.14. The van der Waals surface area contributed by atoms with Crippen molar-refractivity contribution in [1.29, 1.82) is 0 Å². The molecule has 9 heteroatoms. The van der Waals surface area contributed by atoms with Crippen molar-refractivity contribution in [1.82, 2.24) is 0 Å². The van der Waals surface area contributed by atoms with Gasteiger partial charge in [-0.25, -0.2) is 0 Å². The van der Waals surface area contributed by atoms with E-state index in [9.17, 15) is 10.1 Å². The first kappa shape index (κ1) is 21.3. The number of ether oxygens (including phenoxy) is 3. The van der Waals surface area contributed by atoms with Crippen molar-refractivity contribution in [2.24, 2.45) is 10.2 Å². The molecule has 0 bridgehead atoms. The third-order valence-corrected chi connectivity index (χ3v) is 3.89. The van der Waals surface area contributed by atoms with Gasteiger partial charge in [-0.05, 0) is 30.3 Å². The molecular formula is C19H24N4O5. The summed E-state index contributed by atoms with van der Waals surface area (Å²) in [6.07, 6.45) is 0. The first-order chi connectivity index (χ1) is 13.5. The van der Waals surface area contributed by atoms with Crippen LogP contribution in [0, 0.1) is 10.1 Å². The molecule has 0 spiro atoms. The number of anilines is 1. The standard InChI is InChI=1S/C19H24N4O5/c1-22(10-11-26-2)16-6-4-15(5-7-16)20-21-18-9-8-17(23(24)25)14-19(18)28-13-12-27-3/h4-9,14H,10-13H2,1-3H3/b21-20+. The summed E-state index contributed by atoms with van der Waals surface area (Å²) in [7, 11) is 5.20. The minimum Gasteiger partial charge on any atom is -0.489 e. The molecule has 2 aromatic rings. The molecule has 0 saturated carbocycles. The van der Waals surface area contributed by atoms with Gasteiger partial charge in [0.2, 0.25) is 0 Å². The third-order valence-electron chi connectivity index (χ3n) is 3.89. The molecule has 0 atom stereocenters. The average Bonchev–Trinajstić information content (AvgIpc) is 2.71. The van der Waals surface area contributed by atoms with Crippen LogP contribution in [-0.4, -0.2) is 52.6 Å². The van der Waals surface area contributed by atoms with Crippen LogP contribution >= 0.6 is 0 Å². The lowest BCUT2D eigenvalue weighted by Crippen LogP contribution is -2.21. The second-order valence-corrected chi connectivity index (χ2v) is 5.88. The van der Waals surface area contributed by atoms with Gasteiger partial charge in [0.1, 0.15) is 12.3 Å². The summed E-state index contributed by atoms with van der Waals surface area (Å²) in [6, 6.07) is 11.8. The van der Waals surface area contributed by atoms with Crippen LogP contribution in [-0.2, 0) is 9.47 Å². The zero-order valence-electron chi connectivity index (χ0n) is 16.2. The molecule has 0 amide bonds. The molecule has 0 aliphatic carbocycles. The van der Waals surface area contributed by atoms with Gasteiger partial charge in [0.25, 0.3) is 5.69 Å². The van der Waals surface area contributed by atoms with Crippen LogP contribution in [0.4, 0.5) is 22.7 Å². The van der Waals surface area contributed by atoms with Crippen molar-refractivity contribution < 1.29 is 19.1 Å². The number of benzene rings is 2. The zero-order valence-corrected chi connectivity index (χ0v) is 16.2. The predicted octanol–water partition coefficient (Wildman–Crippen LogP) is 4.12. The van der Waals surface area contributed by atoms with E-state index in [0.717, 1.165) is 12.2 Å². The zero-order chi connectivity index (χ0) is 20.4. The fourth-order valence-corrected chi connectivity index (χ4v) is 2.29. The lowest BCUT2D eigenvalue weighted by Gasteiger charge is -2.18. The molecule has 0 saturated heterocycles. The highest BCUT2D eigenvalue weighted by Crippen LogP contribution is 2.33. The van der Waals surface area contributed by atoms with Crippen molar-refractivity contribution in [3.63, 3.8) is 0 Å². The number of non-ortho nitro benzene ring substituents is 1. The van der Waals surface area contributed by atoms with Gasteiger partial charge in [-0.1, -0.05) is 0 Å². The Labute approximate surface area is 163 Å². The summed E-state index contributed by atoms with van der Waals surface area (Å²) in [5.41, 5.74) is 2.03. The van der Waals surface area contributed by atoms with E-state index >= 15 is 0 Å². The second kappa shape index (κ2) is 11.0. The monoisotopic (exact) mass is 388 g/mol. The summed E-state index contributed by atoms with van der Waals surface area (Å²) >= 11 is 0. The van der Waals surface area contributed by atoms with Crippen LogP contribution in [0.2, 0.25) is 0 Å². The van der Waals surface area contributed by atoms with E-state index in [1.54, 1.807) is 14.2 Å². The molecular weight excluding hydrogens is 364 g/mol. The van der Waals surface area contributed by atoms with Crippen molar-refractivity contribution >= 4 is 22.7 Å². The first-order valence-electron chi connectivity index (χ1n) is 8.67. The molecule has 9 nitrogen and oxygen atoms in total. The van der Waals surface area contributed by atoms with Crippen molar-refractivity contribution in [3.8, 4) is 5.75 Å². The van der Waals surface area contributed by atoms with E-state index < -0.39 is 4.92 Å². The number of nitrogens with zero attached hydrogens (tertiary/aromatic N) is 4. The second-order valence-electron chi connectivity index (χ2n) is 5.88. The lowest BCUT2D eigenvalue weighted by atomic mass is 10.2. The predicted molar refractivity (Wildman–Crippen MR) is 106 cm³/mol. The Bertz CT molecular complexity index is 795. The summed E-state index contributed by atoms with van der Waals surface area (Å²) in [5.74, 6) is 0.283. The Kier molecular flexibility index (Phi) is 8.32. The number of hydrogen-bond acceptors (Lipinski definition) is 8. The molecule has 0 aromatic heterocycles. The number of rotatable bonds is 11. The van der Waals surface area contributed by atoms with Gasteiger partial charge >= 0.3 is 0 Å². The van der Waals surface area contributed by atoms with Crippen molar-refractivity contribution in [2.45, 2.75) is 0 Å². The molecule has 0 unspecified atom stereocenters. The van der Waals surface area contributed by atoms with E-state index in [-0.39, 0.29) is 18.0 Å². The first-order valence-corrected chi connectivity index (χ1v) is 8.67. The number of hydrogen-bond donors (Lipinski definition) is 0. The summed E-state index contributed by atoms with van der Waals surface area (Å²) in [5, 5.41) is 19.4. The van der Waals surface area contributed by atoms with Gasteiger partial charge in [0.05, 0.1) is 29.9 Å². The fraction of sp³-hybridized carbons (Fsp3) is 0.368. The number of nitro benzene ring substituents is 1. The van der Waals surface area contributed by atoms with Gasteiger partial charge < -0.3 is 19.1 Å². The lowest BCUT2D eigenvalue weighted by molar-refractivity contribution is -0.384. The normalized spacial score (nSPS) is 11.0. The van der Waals surface area contributed by atoms with Crippen LogP contribution in [0.1, 0.15) is 0 Å². The minimum atomic E-state index is -0.483. The highest BCUT2D eigenvalue weighted by molar-refractivity contribution is 5.57. The smallest absolute Gasteiger partial charge is 0.273 e. The minimum absolute atomic E-state index is 0.0742. The van der Waals surface area contributed by atoms with E-state index in [0.29, 0.717) is 24.6 Å². The highest BCUT2D eigenvalue weighted by atomic mass is 16.6. The van der Waals surface area contributed by atoms with Crippen molar-refractivity contribution in [2.75, 3.05) is 52.5 Å². The Morgan fingerprint density at radius 2 is 1.71 bits per heavy atom. The number of likely N-dealkylation sites (N-methyl/N-ethyl adjacent to an activating group) is 1. The molecule has 0 N–H and O–H groups in total. The van der Waals surface area contributed by atoms with E-state index in [4.69, 9.17) is 14.2 Å². The van der Waals surface area contributed by atoms with E-state index in [2.05, 4.69) is 15.1 Å². The maximum Gasteiger partial charge on any atom is 0.273 e. The van der Waals surface area contributed by atoms with Gasteiger partial charge in [-0.15, -0.1) is 5.11 Å². The summed E-state index contributed by atoms with van der Waals surface area (Å²) in [6.45, 7) is 2.03. The van der Waals surface area contributed by atoms with Crippen molar-refractivity contribution in [3.05, 3.63) is 52.6 Å². The van der Waals surface area contributed by atoms with Crippen LogP contribution in [0.15, 0.2) is 52.7 Å². The summed E-state index contributed by atoms with van der Waals surface area (Å²) in [4.78, 5) is 12.6. The van der Waals surface area contributed by atoms with Gasteiger partial charge in [0, 0.05) is 39.6 Å². The van der Waals surface area contributed by atoms with Crippen LogP contribution in [0.3, 0.4) is 0 Å². The molecule has 0 aliphatic heterocycles. The molecule has 0 aliphatic rings. The van der Waals surface area contributed by atoms with E-state index in [1.165, 1.54) is 18.2 Å². The number of methoxy groups -OCH3 is 2. The molecule has 2 rings (SSSR count). The molecule has 150 valence electrons. The van der Waals surface area contributed by atoms with Crippen LogP contribution < -0.4 is 9.64 Å². The van der Waals surface area contributed by atoms with Gasteiger partial charge in [-0.3, -0.25) is 10.1 Å². The molecule has 0 heterocycles. The quantitative estimate of drug-likeness (QED) is 0.248. The maximum absolute atomic E-state index is 11.0. The summed E-state index contributed by atoms with van der Waals surface area (Å²) < 4.78 is 15.6. The van der Waals surface area contributed by atoms with Gasteiger partial charge in [0.15, 0.2) is 5.75 Å². The molecule has 0 radical (unpaired) electrons. The highest BCUT2D eigenvalue weighted by Gasteiger charge is 2.12. The number of azo groups is 1. The largest absolute Gasteiger partial charge is 0.489 e. The molecule has 2 aromatic carbocycles. The van der Waals surface area contributed by atoms with Gasteiger partial charge in [-0.2, -0.15) is 5.11 Å². The molecule has 28 heavy (non-hydrogen) atoms. The molecule has 0 fully saturated rings.